The molecule has 154 valence electrons. The first-order valence-electron chi connectivity index (χ1n) is 9.73. The molecular formula is C21H27N5O2S. The average molecular weight is 414 g/mol. The second-order valence-corrected chi connectivity index (χ2v) is 7.79. The van der Waals surface area contributed by atoms with E-state index in [0.29, 0.717) is 5.11 Å². The Labute approximate surface area is 176 Å². The van der Waals surface area contributed by atoms with Crippen molar-refractivity contribution in [3.05, 3.63) is 70.3 Å². The molecule has 0 amide bonds. The van der Waals surface area contributed by atoms with E-state index in [4.69, 9.17) is 12.2 Å². The van der Waals surface area contributed by atoms with Gasteiger partial charge < -0.3 is 15.5 Å². The number of anilines is 1. The van der Waals surface area contributed by atoms with Crippen LogP contribution in [0.1, 0.15) is 18.5 Å². The van der Waals surface area contributed by atoms with E-state index in [0.717, 1.165) is 31.9 Å². The fraction of sp³-hybridized carbons (Fsp3) is 0.381. The van der Waals surface area contributed by atoms with E-state index in [2.05, 4.69) is 58.7 Å². The molecule has 1 aliphatic rings. The molecule has 1 fully saturated rings. The second-order valence-electron chi connectivity index (χ2n) is 7.39. The van der Waals surface area contributed by atoms with Gasteiger partial charge in [0.1, 0.15) is 0 Å². The van der Waals surface area contributed by atoms with Crippen molar-refractivity contribution in [2.24, 2.45) is 0 Å². The van der Waals surface area contributed by atoms with E-state index in [1.807, 2.05) is 6.07 Å². The summed E-state index contributed by atoms with van der Waals surface area (Å²) in [5.74, 6) is 0. The maximum absolute atomic E-state index is 10.8. The zero-order valence-electron chi connectivity index (χ0n) is 16.7. The maximum atomic E-state index is 10.8. The van der Waals surface area contributed by atoms with Crippen LogP contribution in [-0.2, 0) is 0 Å². The SMILES string of the molecule is C[C@@H](NC(=S)Nc1ccc([N+](=O)[O-])cc1)[C@H](c1ccccc1)N1CCN(C)CC1. The molecule has 8 heteroatoms. The van der Waals surface area contributed by atoms with E-state index in [1.54, 1.807) is 12.1 Å². The lowest BCUT2D eigenvalue weighted by Gasteiger charge is -2.41. The highest BCUT2D eigenvalue weighted by Gasteiger charge is 2.28. The lowest BCUT2D eigenvalue weighted by molar-refractivity contribution is -0.384. The second kappa shape index (κ2) is 9.78. The standard InChI is InChI=1S/C21H27N5O2S/c1-16(22-21(29)23-18-8-10-19(11-9-18)26(27)28)20(17-6-4-3-5-7-17)25-14-12-24(2)13-15-25/h3-11,16,20H,12-15H2,1-2H3,(H2,22,23,29)/t16-,20-/m1/s1. The molecule has 0 saturated carbocycles. The van der Waals surface area contributed by atoms with Gasteiger partial charge in [-0.15, -0.1) is 0 Å². The van der Waals surface area contributed by atoms with Gasteiger partial charge >= 0.3 is 0 Å². The molecule has 2 atom stereocenters. The highest BCUT2D eigenvalue weighted by atomic mass is 32.1. The Morgan fingerprint density at radius 3 is 2.28 bits per heavy atom. The molecule has 0 spiro atoms. The molecule has 1 aliphatic heterocycles. The molecule has 0 unspecified atom stereocenters. The Bertz CT molecular complexity index is 823. The van der Waals surface area contributed by atoms with Crippen LogP contribution < -0.4 is 10.6 Å². The van der Waals surface area contributed by atoms with Crippen molar-refractivity contribution < 1.29 is 4.92 Å². The van der Waals surface area contributed by atoms with Crippen LogP contribution >= 0.6 is 12.2 Å². The van der Waals surface area contributed by atoms with Crippen molar-refractivity contribution in [1.29, 1.82) is 0 Å². The van der Waals surface area contributed by atoms with Crippen molar-refractivity contribution in [3.8, 4) is 0 Å². The van der Waals surface area contributed by atoms with Crippen LogP contribution in [0.15, 0.2) is 54.6 Å². The molecule has 1 heterocycles. The smallest absolute Gasteiger partial charge is 0.269 e. The summed E-state index contributed by atoms with van der Waals surface area (Å²) in [6.45, 7) is 6.23. The Hall–Kier alpha value is -2.55. The maximum Gasteiger partial charge on any atom is 0.269 e. The summed E-state index contributed by atoms with van der Waals surface area (Å²) in [6.07, 6.45) is 0. The highest BCUT2D eigenvalue weighted by molar-refractivity contribution is 7.80. The number of hydrogen-bond acceptors (Lipinski definition) is 5. The van der Waals surface area contributed by atoms with Crippen LogP contribution in [0.3, 0.4) is 0 Å². The van der Waals surface area contributed by atoms with E-state index in [1.165, 1.54) is 17.7 Å². The Balaban J connectivity index is 1.68. The summed E-state index contributed by atoms with van der Waals surface area (Å²) < 4.78 is 0. The Morgan fingerprint density at radius 1 is 1.07 bits per heavy atom. The Morgan fingerprint density at radius 2 is 1.69 bits per heavy atom. The van der Waals surface area contributed by atoms with Crippen LogP contribution in [0.25, 0.3) is 0 Å². The number of piperazine rings is 1. The van der Waals surface area contributed by atoms with E-state index in [-0.39, 0.29) is 17.8 Å². The summed E-state index contributed by atoms with van der Waals surface area (Å²) in [7, 11) is 2.15. The lowest BCUT2D eigenvalue weighted by Crippen LogP contribution is -2.52. The minimum Gasteiger partial charge on any atom is -0.358 e. The predicted molar refractivity (Wildman–Crippen MR) is 120 cm³/mol. The lowest BCUT2D eigenvalue weighted by atomic mass is 9.98. The first-order chi connectivity index (χ1) is 13.9. The van der Waals surface area contributed by atoms with Crippen molar-refractivity contribution in [1.82, 2.24) is 15.1 Å². The molecule has 29 heavy (non-hydrogen) atoms. The van der Waals surface area contributed by atoms with E-state index in [9.17, 15) is 10.1 Å². The molecule has 0 bridgehead atoms. The number of likely N-dealkylation sites (N-methyl/N-ethyl adjacent to an activating group) is 1. The molecule has 2 aromatic rings. The van der Waals surface area contributed by atoms with Gasteiger partial charge in [-0.05, 0) is 43.9 Å². The monoisotopic (exact) mass is 413 g/mol. The minimum absolute atomic E-state index is 0.0574. The van der Waals surface area contributed by atoms with Crippen LogP contribution in [0, 0.1) is 10.1 Å². The van der Waals surface area contributed by atoms with Crippen LogP contribution in [-0.4, -0.2) is 59.1 Å². The summed E-state index contributed by atoms with van der Waals surface area (Å²) >= 11 is 5.50. The minimum atomic E-state index is -0.414. The van der Waals surface area contributed by atoms with Gasteiger partial charge in [-0.25, -0.2) is 0 Å². The fourth-order valence-corrected chi connectivity index (χ4v) is 3.99. The van der Waals surface area contributed by atoms with Gasteiger partial charge in [0.25, 0.3) is 5.69 Å². The molecule has 2 aromatic carbocycles. The summed E-state index contributed by atoms with van der Waals surface area (Å²) in [4.78, 5) is 15.2. The van der Waals surface area contributed by atoms with Gasteiger partial charge in [-0.3, -0.25) is 15.0 Å². The normalized spacial score (nSPS) is 17.3. The largest absolute Gasteiger partial charge is 0.358 e. The first kappa shape index (κ1) is 21.2. The predicted octanol–water partition coefficient (Wildman–Crippen LogP) is 3.26. The van der Waals surface area contributed by atoms with Crippen LogP contribution in [0.4, 0.5) is 11.4 Å². The average Bonchev–Trinajstić information content (AvgIpc) is 2.71. The third kappa shape index (κ3) is 5.72. The Kier molecular flexibility index (Phi) is 7.13. The topological polar surface area (TPSA) is 73.7 Å². The first-order valence-corrected chi connectivity index (χ1v) is 10.1. The summed E-state index contributed by atoms with van der Waals surface area (Å²) in [6, 6.07) is 17.0. The molecule has 3 rings (SSSR count). The molecule has 1 saturated heterocycles. The molecule has 0 aromatic heterocycles. The van der Waals surface area contributed by atoms with Gasteiger partial charge in [0.2, 0.25) is 0 Å². The zero-order chi connectivity index (χ0) is 20.8. The zero-order valence-corrected chi connectivity index (χ0v) is 17.6. The number of nitro groups is 1. The molecule has 2 N–H and O–H groups in total. The van der Waals surface area contributed by atoms with Crippen molar-refractivity contribution in [2.75, 3.05) is 38.5 Å². The van der Waals surface area contributed by atoms with Gasteiger partial charge in [-0.2, -0.15) is 0 Å². The van der Waals surface area contributed by atoms with E-state index >= 15 is 0 Å². The number of nitrogens with zero attached hydrogens (tertiary/aromatic N) is 3. The number of benzene rings is 2. The molecular weight excluding hydrogens is 386 g/mol. The third-order valence-electron chi connectivity index (χ3n) is 5.24. The van der Waals surface area contributed by atoms with E-state index < -0.39 is 4.92 Å². The van der Waals surface area contributed by atoms with Crippen LogP contribution in [0.5, 0.6) is 0 Å². The van der Waals surface area contributed by atoms with Gasteiger partial charge in [0.05, 0.1) is 11.0 Å². The number of hydrogen-bond donors (Lipinski definition) is 2. The van der Waals surface area contributed by atoms with Gasteiger partial charge in [-0.1, -0.05) is 30.3 Å². The number of non-ortho nitro benzene ring substituents is 1. The highest BCUT2D eigenvalue weighted by Crippen LogP contribution is 2.26. The summed E-state index contributed by atoms with van der Waals surface area (Å²) in [5.41, 5.74) is 2.04. The third-order valence-corrected chi connectivity index (χ3v) is 5.46. The summed E-state index contributed by atoms with van der Waals surface area (Å²) in [5, 5.41) is 17.8. The number of thiocarbonyl (C=S) groups is 1. The molecule has 7 nitrogen and oxygen atoms in total. The quantitative estimate of drug-likeness (QED) is 0.428. The molecule has 0 radical (unpaired) electrons. The number of nitrogens with one attached hydrogen (secondary N) is 2. The van der Waals surface area contributed by atoms with Crippen molar-refractivity contribution in [3.63, 3.8) is 0 Å². The van der Waals surface area contributed by atoms with Crippen molar-refractivity contribution >= 4 is 28.7 Å². The molecule has 0 aliphatic carbocycles. The van der Waals surface area contributed by atoms with Gasteiger partial charge in [0.15, 0.2) is 5.11 Å². The fourth-order valence-electron chi connectivity index (χ4n) is 3.69. The van der Waals surface area contributed by atoms with Crippen LogP contribution in [0.2, 0.25) is 0 Å². The number of nitro benzene ring substituents is 1. The van der Waals surface area contributed by atoms with Gasteiger partial charge in [0, 0.05) is 50.0 Å². The van der Waals surface area contributed by atoms with Crippen molar-refractivity contribution in [2.45, 2.75) is 19.0 Å². The number of rotatable bonds is 6.